The first-order valence-electron chi connectivity index (χ1n) is 7.14. The topological polar surface area (TPSA) is 117 Å². The third kappa shape index (κ3) is 4.07. The molecule has 0 aliphatic carbocycles. The van der Waals surface area contributed by atoms with Crippen LogP contribution in [0.5, 0.6) is 0 Å². The van der Waals surface area contributed by atoms with E-state index in [1.165, 1.54) is 0 Å². The van der Waals surface area contributed by atoms with Gasteiger partial charge in [-0.2, -0.15) is 0 Å². The third-order valence-electron chi connectivity index (χ3n) is 4.08. The molecule has 1 atom stereocenters. The van der Waals surface area contributed by atoms with Crippen LogP contribution in [0, 0.1) is 5.41 Å². The maximum absolute atomic E-state index is 11.7. The number of nitrogens with one attached hydrogen (secondary N) is 3. The number of carboxylic acid groups (broad SMARTS) is 1. The molecule has 2 rings (SSSR count). The Kier molecular flexibility index (Phi) is 5.00. The van der Waals surface area contributed by atoms with Gasteiger partial charge >= 0.3 is 12.0 Å². The van der Waals surface area contributed by atoms with Crippen LogP contribution >= 0.6 is 0 Å². The minimum Gasteiger partial charge on any atom is -0.481 e. The summed E-state index contributed by atoms with van der Waals surface area (Å²) in [5.74, 6) is -0.914. The summed E-state index contributed by atoms with van der Waals surface area (Å²) in [7, 11) is 0. The molecular formula is C13H21N3O5. The van der Waals surface area contributed by atoms with Crippen molar-refractivity contribution in [3.05, 3.63) is 0 Å². The summed E-state index contributed by atoms with van der Waals surface area (Å²) in [6.07, 6.45) is 1.97. The summed E-state index contributed by atoms with van der Waals surface area (Å²) in [4.78, 5) is 34.2. The van der Waals surface area contributed by atoms with Crippen molar-refractivity contribution in [1.29, 1.82) is 0 Å². The molecule has 21 heavy (non-hydrogen) atoms. The van der Waals surface area contributed by atoms with Gasteiger partial charge in [-0.05, 0) is 19.3 Å². The highest BCUT2D eigenvalue weighted by atomic mass is 16.5. The first kappa shape index (κ1) is 15.6. The van der Waals surface area contributed by atoms with Crippen LogP contribution in [0.4, 0.5) is 4.79 Å². The predicted octanol–water partition coefficient (Wildman–Crippen LogP) is -0.554. The summed E-state index contributed by atoms with van der Waals surface area (Å²) in [5.41, 5.74) is -0.947. The fourth-order valence-electron chi connectivity index (χ4n) is 2.59. The normalized spacial score (nSPS) is 24.2. The number of carboxylic acids is 1. The minimum absolute atomic E-state index is 0.00533. The van der Waals surface area contributed by atoms with Crippen LogP contribution in [0.3, 0.4) is 0 Å². The second-order valence-corrected chi connectivity index (χ2v) is 5.56. The first-order chi connectivity index (χ1) is 10.0. The molecule has 0 aromatic carbocycles. The molecule has 2 fully saturated rings. The Morgan fingerprint density at radius 2 is 2.05 bits per heavy atom. The zero-order valence-electron chi connectivity index (χ0n) is 11.8. The molecular weight excluding hydrogens is 278 g/mol. The van der Waals surface area contributed by atoms with E-state index in [0.29, 0.717) is 45.4 Å². The number of urea groups is 1. The number of carbonyl (C=O) groups is 3. The van der Waals surface area contributed by atoms with Gasteiger partial charge in [0.15, 0.2) is 0 Å². The average Bonchev–Trinajstić information content (AvgIpc) is 2.89. The highest BCUT2D eigenvalue weighted by Gasteiger charge is 2.40. The highest BCUT2D eigenvalue weighted by Crippen LogP contribution is 2.29. The quantitative estimate of drug-likeness (QED) is 0.543. The van der Waals surface area contributed by atoms with Crippen molar-refractivity contribution in [2.24, 2.45) is 5.41 Å². The van der Waals surface area contributed by atoms with Gasteiger partial charge in [-0.3, -0.25) is 9.59 Å². The number of amides is 3. The Hall–Kier alpha value is -1.83. The van der Waals surface area contributed by atoms with Gasteiger partial charge in [-0.15, -0.1) is 0 Å². The lowest BCUT2D eigenvalue weighted by Crippen LogP contribution is -2.50. The highest BCUT2D eigenvalue weighted by molar-refractivity contribution is 5.79. The maximum Gasteiger partial charge on any atom is 0.314 e. The molecule has 1 unspecified atom stereocenters. The molecule has 118 valence electrons. The molecule has 8 heteroatoms. The SMILES string of the molecule is O=C1CCC(CNC(=O)NCC2(C(=O)O)CCOCC2)N1. The zero-order valence-corrected chi connectivity index (χ0v) is 11.8. The number of hydrogen-bond donors (Lipinski definition) is 4. The lowest BCUT2D eigenvalue weighted by molar-refractivity contribution is -0.154. The van der Waals surface area contributed by atoms with Crippen molar-refractivity contribution in [3.63, 3.8) is 0 Å². The van der Waals surface area contributed by atoms with E-state index in [0.717, 1.165) is 0 Å². The van der Waals surface area contributed by atoms with Crippen molar-refractivity contribution in [1.82, 2.24) is 16.0 Å². The summed E-state index contributed by atoms with van der Waals surface area (Å²) in [5, 5.41) is 17.4. The fourth-order valence-corrected chi connectivity index (χ4v) is 2.59. The van der Waals surface area contributed by atoms with E-state index in [4.69, 9.17) is 4.74 Å². The van der Waals surface area contributed by atoms with E-state index in [-0.39, 0.29) is 18.5 Å². The molecule has 0 radical (unpaired) electrons. The molecule has 3 amide bonds. The molecule has 2 aliphatic rings. The van der Waals surface area contributed by atoms with Gasteiger partial charge in [-0.25, -0.2) is 4.79 Å². The molecule has 4 N–H and O–H groups in total. The Bertz CT molecular complexity index is 420. The van der Waals surface area contributed by atoms with Gasteiger partial charge in [0.25, 0.3) is 0 Å². The number of aliphatic carboxylic acids is 1. The molecule has 2 aliphatic heterocycles. The van der Waals surface area contributed by atoms with Gasteiger partial charge in [0, 0.05) is 38.8 Å². The smallest absolute Gasteiger partial charge is 0.314 e. The van der Waals surface area contributed by atoms with Crippen LogP contribution in [0.25, 0.3) is 0 Å². The van der Waals surface area contributed by atoms with Crippen molar-refractivity contribution in [2.45, 2.75) is 31.7 Å². The molecule has 0 aromatic heterocycles. The molecule has 0 saturated carbocycles. The van der Waals surface area contributed by atoms with Crippen LogP contribution in [-0.4, -0.2) is 55.4 Å². The van der Waals surface area contributed by atoms with E-state index >= 15 is 0 Å². The second-order valence-electron chi connectivity index (χ2n) is 5.56. The first-order valence-corrected chi connectivity index (χ1v) is 7.14. The van der Waals surface area contributed by atoms with Gasteiger partial charge in [-0.1, -0.05) is 0 Å². The average molecular weight is 299 g/mol. The molecule has 8 nitrogen and oxygen atoms in total. The van der Waals surface area contributed by atoms with Gasteiger partial charge in [0.2, 0.25) is 5.91 Å². The van der Waals surface area contributed by atoms with Crippen LogP contribution in [-0.2, 0) is 14.3 Å². The molecule has 2 saturated heterocycles. The summed E-state index contributed by atoms with van der Waals surface area (Å²) < 4.78 is 5.17. The number of rotatable bonds is 5. The van der Waals surface area contributed by atoms with E-state index in [9.17, 15) is 19.5 Å². The summed E-state index contributed by atoms with van der Waals surface area (Å²) in [6.45, 7) is 1.21. The van der Waals surface area contributed by atoms with Gasteiger partial charge in [0.1, 0.15) is 0 Å². The summed E-state index contributed by atoms with van der Waals surface area (Å²) in [6, 6.07) is -0.456. The van der Waals surface area contributed by atoms with Crippen molar-refractivity contribution < 1.29 is 24.2 Å². The lowest BCUT2D eigenvalue weighted by atomic mass is 9.80. The fraction of sp³-hybridized carbons (Fsp3) is 0.769. The summed E-state index contributed by atoms with van der Waals surface area (Å²) >= 11 is 0. The lowest BCUT2D eigenvalue weighted by Gasteiger charge is -2.33. The maximum atomic E-state index is 11.7. The number of hydrogen-bond acceptors (Lipinski definition) is 4. The molecule has 2 heterocycles. The van der Waals surface area contributed by atoms with Crippen LogP contribution in [0.1, 0.15) is 25.7 Å². The number of carbonyl (C=O) groups excluding carboxylic acids is 2. The van der Waals surface area contributed by atoms with E-state index in [1.54, 1.807) is 0 Å². The monoisotopic (exact) mass is 299 g/mol. The van der Waals surface area contributed by atoms with Crippen LogP contribution < -0.4 is 16.0 Å². The molecule has 0 spiro atoms. The zero-order chi connectivity index (χ0) is 15.3. The van der Waals surface area contributed by atoms with Crippen LogP contribution in [0.15, 0.2) is 0 Å². The van der Waals surface area contributed by atoms with Crippen molar-refractivity contribution >= 4 is 17.9 Å². The number of ether oxygens (including phenoxy) is 1. The van der Waals surface area contributed by atoms with Gasteiger partial charge < -0.3 is 25.8 Å². The Labute approximate surface area is 122 Å². The van der Waals surface area contributed by atoms with E-state index in [1.807, 2.05) is 0 Å². The van der Waals surface area contributed by atoms with E-state index < -0.39 is 17.4 Å². The Balaban J connectivity index is 1.74. The van der Waals surface area contributed by atoms with Crippen molar-refractivity contribution in [2.75, 3.05) is 26.3 Å². The second kappa shape index (κ2) is 6.75. The third-order valence-corrected chi connectivity index (χ3v) is 4.08. The van der Waals surface area contributed by atoms with Crippen LogP contribution in [0.2, 0.25) is 0 Å². The Morgan fingerprint density at radius 1 is 1.33 bits per heavy atom. The molecule has 0 bridgehead atoms. The van der Waals surface area contributed by atoms with Gasteiger partial charge in [0.05, 0.1) is 5.41 Å². The minimum atomic E-state index is -0.947. The Morgan fingerprint density at radius 3 is 2.62 bits per heavy atom. The molecule has 0 aromatic rings. The van der Waals surface area contributed by atoms with Crippen molar-refractivity contribution in [3.8, 4) is 0 Å². The standard InChI is InChI=1S/C13H21N3O5/c17-10-2-1-9(16-10)7-14-12(20)15-8-13(11(18)19)3-5-21-6-4-13/h9H,1-8H2,(H,16,17)(H,18,19)(H2,14,15,20). The largest absolute Gasteiger partial charge is 0.481 e. The van der Waals surface area contributed by atoms with E-state index in [2.05, 4.69) is 16.0 Å². The predicted molar refractivity (Wildman–Crippen MR) is 72.7 cm³/mol.